The van der Waals surface area contributed by atoms with Gasteiger partial charge in [-0.1, -0.05) is 48.5 Å². The predicted octanol–water partition coefficient (Wildman–Crippen LogP) is 3.18. The van der Waals surface area contributed by atoms with Gasteiger partial charge in [-0.15, -0.1) is 0 Å². The molecule has 3 aromatic carbocycles. The van der Waals surface area contributed by atoms with Gasteiger partial charge >= 0.3 is 17.9 Å². The Labute approximate surface area is 236 Å². The Balaban J connectivity index is 1.79. The minimum absolute atomic E-state index is 0.0495. The third kappa shape index (κ3) is 9.50. The zero-order chi connectivity index (χ0) is 29.8. The van der Waals surface area contributed by atoms with Gasteiger partial charge in [-0.05, 0) is 42.0 Å². The van der Waals surface area contributed by atoms with Gasteiger partial charge in [0.15, 0.2) is 0 Å². The van der Waals surface area contributed by atoms with Crippen LogP contribution in [0.5, 0.6) is 11.5 Å². The largest absolute Gasteiger partial charge is 0.467 e. The van der Waals surface area contributed by atoms with Crippen LogP contribution in [0.1, 0.15) is 19.4 Å². The monoisotopic (exact) mass is 562 g/mol. The van der Waals surface area contributed by atoms with E-state index in [1.165, 1.54) is 12.1 Å². The second kappa shape index (κ2) is 14.8. The van der Waals surface area contributed by atoms with Crippen molar-refractivity contribution in [1.29, 1.82) is 0 Å². The highest BCUT2D eigenvalue weighted by Gasteiger charge is 2.41. The molecule has 0 saturated heterocycles. The minimum atomic E-state index is -1.92. The first kappa shape index (κ1) is 30.4. The molecule has 11 nitrogen and oxygen atoms in total. The van der Waals surface area contributed by atoms with Gasteiger partial charge in [-0.3, -0.25) is 19.2 Å². The lowest BCUT2D eigenvalue weighted by Crippen LogP contribution is -2.55. The Morgan fingerprint density at radius 2 is 1.20 bits per heavy atom. The van der Waals surface area contributed by atoms with E-state index in [9.17, 15) is 24.0 Å². The predicted molar refractivity (Wildman–Crippen MR) is 147 cm³/mol. The fourth-order valence-electron chi connectivity index (χ4n) is 3.75. The smallest absolute Gasteiger partial charge is 0.328 e. The quantitative estimate of drug-likeness (QED) is 0.251. The van der Waals surface area contributed by atoms with Crippen molar-refractivity contribution in [2.24, 2.45) is 0 Å². The molecule has 0 aliphatic carbocycles. The second-order valence-corrected chi connectivity index (χ2v) is 8.76. The number of benzene rings is 3. The molecule has 41 heavy (non-hydrogen) atoms. The Bertz CT molecular complexity index is 1350. The van der Waals surface area contributed by atoms with E-state index in [0.717, 1.165) is 21.0 Å². The summed E-state index contributed by atoms with van der Waals surface area (Å²) in [6, 6.07) is 23.0. The lowest BCUT2D eigenvalue weighted by molar-refractivity contribution is -0.173. The van der Waals surface area contributed by atoms with Gasteiger partial charge in [0.05, 0.1) is 7.11 Å². The molecule has 0 heterocycles. The van der Waals surface area contributed by atoms with E-state index in [4.69, 9.17) is 18.9 Å². The van der Waals surface area contributed by atoms with Crippen LogP contribution >= 0.6 is 0 Å². The Hall–Kier alpha value is -5.19. The highest BCUT2D eigenvalue weighted by molar-refractivity contribution is 6.01. The zero-order valence-corrected chi connectivity index (χ0v) is 22.7. The molecule has 3 atom stereocenters. The van der Waals surface area contributed by atoms with Crippen molar-refractivity contribution in [3.05, 3.63) is 90.5 Å². The average molecular weight is 563 g/mol. The maximum absolute atomic E-state index is 13.3. The van der Waals surface area contributed by atoms with Crippen LogP contribution < -0.4 is 15.4 Å². The van der Waals surface area contributed by atoms with E-state index in [2.05, 4.69) is 10.6 Å². The summed E-state index contributed by atoms with van der Waals surface area (Å²) in [6.07, 6.45) is -3.75. The van der Waals surface area contributed by atoms with Crippen molar-refractivity contribution in [2.45, 2.75) is 38.5 Å². The van der Waals surface area contributed by atoms with Gasteiger partial charge in [0.1, 0.15) is 17.5 Å². The van der Waals surface area contributed by atoms with Crippen LogP contribution in [0.15, 0.2) is 84.9 Å². The van der Waals surface area contributed by atoms with Crippen molar-refractivity contribution in [3.63, 3.8) is 0 Å². The molecule has 3 aromatic rings. The maximum atomic E-state index is 13.3. The molecule has 0 saturated carbocycles. The molecule has 0 bridgehead atoms. The molecule has 0 aliphatic rings. The fourth-order valence-corrected chi connectivity index (χ4v) is 3.75. The number of anilines is 1. The summed E-state index contributed by atoms with van der Waals surface area (Å²) in [5, 5.41) is 4.99. The number of hydrogen-bond acceptors (Lipinski definition) is 9. The molecule has 214 valence electrons. The van der Waals surface area contributed by atoms with Gasteiger partial charge in [0, 0.05) is 26.0 Å². The Morgan fingerprint density at radius 3 is 1.73 bits per heavy atom. The number of esters is 3. The maximum Gasteiger partial charge on any atom is 0.328 e. The SMILES string of the molecule is COC(=O)[C@H](Cc1ccccc1)NC(=O)C(OC(C)=O)C(OC(C)=O)C(=O)Nc1ccc(Oc2ccccc2)cc1. The van der Waals surface area contributed by atoms with Crippen molar-refractivity contribution >= 4 is 35.4 Å². The summed E-state index contributed by atoms with van der Waals surface area (Å²) in [7, 11) is 1.15. The first-order valence-corrected chi connectivity index (χ1v) is 12.6. The van der Waals surface area contributed by atoms with Crippen molar-refractivity contribution in [3.8, 4) is 11.5 Å². The number of nitrogens with one attached hydrogen (secondary N) is 2. The summed E-state index contributed by atoms with van der Waals surface area (Å²) in [5.41, 5.74) is 0.993. The van der Waals surface area contributed by atoms with E-state index >= 15 is 0 Å². The number of methoxy groups -OCH3 is 1. The molecule has 3 rings (SSSR count). The van der Waals surface area contributed by atoms with Gasteiger partial charge in [0.25, 0.3) is 11.8 Å². The van der Waals surface area contributed by atoms with Gasteiger partial charge in [-0.2, -0.15) is 0 Å². The molecule has 0 aliphatic heterocycles. The topological polar surface area (TPSA) is 146 Å². The van der Waals surface area contributed by atoms with Gasteiger partial charge in [-0.25, -0.2) is 4.79 Å². The van der Waals surface area contributed by atoms with Crippen LogP contribution in [0, 0.1) is 0 Å². The van der Waals surface area contributed by atoms with E-state index in [1.807, 2.05) is 18.2 Å². The number of hydrogen-bond donors (Lipinski definition) is 2. The van der Waals surface area contributed by atoms with E-state index in [0.29, 0.717) is 17.1 Å². The van der Waals surface area contributed by atoms with Gasteiger partial charge in [0.2, 0.25) is 12.2 Å². The third-order valence-corrected chi connectivity index (χ3v) is 5.56. The van der Waals surface area contributed by atoms with Crippen LogP contribution in [0.3, 0.4) is 0 Å². The molecular formula is C30H30N2O9. The minimum Gasteiger partial charge on any atom is -0.467 e. The summed E-state index contributed by atoms with van der Waals surface area (Å²) in [4.78, 5) is 62.8. The molecule has 2 unspecified atom stereocenters. The lowest BCUT2D eigenvalue weighted by atomic mass is 10.0. The van der Waals surface area contributed by atoms with Crippen molar-refractivity contribution in [2.75, 3.05) is 12.4 Å². The highest BCUT2D eigenvalue weighted by atomic mass is 16.6. The summed E-state index contributed by atoms with van der Waals surface area (Å²) in [6.45, 7) is 2.06. The molecule has 2 amide bonds. The third-order valence-electron chi connectivity index (χ3n) is 5.56. The first-order valence-electron chi connectivity index (χ1n) is 12.6. The first-order chi connectivity index (χ1) is 19.7. The fraction of sp³-hybridized carbons (Fsp3) is 0.233. The number of para-hydroxylation sites is 1. The zero-order valence-electron chi connectivity index (χ0n) is 22.7. The number of carbonyl (C=O) groups is 5. The molecule has 2 N–H and O–H groups in total. The lowest BCUT2D eigenvalue weighted by Gasteiger charge is -2.26. The van der Waals surface area contributed by atoms with Crippen LogP contribution in [-0.2, 0) is 44.6 Å². The number of ether oxygens (including phenoxy) is 4. The van der Waals surface area contributed by atoms with Crippen LogP contribution in [0.2, 0.25) is 0 Å². The van der Waals surface area contributed by atoms with E-state index in [1.54, 1.807) is 54.6 Å². The number of carbonyl (C=O) groups excluding carboxylic acids is 5. The van der Waals surface area contributed by atoms with Crippen molar-refractivity contribution in [1.82, 2.24) is 5.32 Å². The molecular weight excluding hydrogens is 532 g/mol. The normalized spacial score (nSPS) is 12.6. The highest BCUT2D eigenvalue weighted by Crippen LogP contribution is 2.23. The molecule has 11 heteroatoms. The summed E-state index contributed by atoms with van der Waals surface area (Å²) >= 11 is 0. The second-order valence-electron chi connectivity index (χ2n) is 8.76. The van der Waals surface area contributed by atoms with Gasteiger partial charge < -0.3 is 29.6 Å². The summed E-state index contributed by atoms with van der Waals surface area (Å²) in [5.74, 6) is -3.47. The molecule has 0 fully saturated rings. The van der Waals surface area contributed by atoms with Crippen LogP contribution in [0.4, 0.5) is 5.69 Å². The van der Waals surface area contributed by atoms with Crippen molar-refractivity contribution < 1.29 is 42.9 Å². The average Bonchev–Trinajstić information content (AvgIpc) is 2.96. The van der Waals surface area contributed by atoms with Crippen LogP contribution in [0.25, 0.3) is 0 Å². The number of rotatable bonds is 12. The molecule has 0 aromatic heterocycles. The van der Waals surface area contributed by atoms with Crippen LogP contribution in [-0.4, -0.2) is 55.1 Å². The standard InChI is InChI=1S/C30H30N2O9/c1-19(33)39-26(28(35)31-22-14-16-24(17-15-22)41-23-12-8-5-9-13-23)27(40-20(2)34)29(36)32-25(30(37)38-3)18-21-10-6-4-7-11-21/h4-17,25-27H,18H2,1-3H3,(H,31,35)(H,32,36)/t25-,26?,27?/m0/s1. The van der Waals surface area contributed by atoms with E-state index in [-0.39, 0.29) is 12.1 Å². The summed E-state index contributed by atoms with van der Waals surface area (Å²) < 4.78 is 20.8. The molecule has 0 radical (unpaired) electrons. The molecule has 0 spiro atoms. The Kier molecular flexibility index (Phi) is 11.0. The number of amides is 2. The Morgan fingerprint density at radius 1 is 0.683 bits per heavy atom. The van der Waals surface area contributed by atoms with E-state index < -0.39 is 48.0 Å².